The summed E-state index contributed by atoms with van der Waals surface area (Å²) in [4.78, 5) is 4.48. The van der Waals surface area contributed by atoms with Crippen LogP contribution in [-0.4, -0.2) is 38.3 Å². The van der Waals surface area contributed by atoms with E-state index in [4.69, 9.17) is 4.74 Å². The fourth-order valence-electron chi connectivity index (χ4n) is 5.14. The maximum absolute atomic E-state index is 6.02. The van der Waals surface area contributed by atoms with E-state index in [1.54, 1.807) is 0 Å². The predicted octanol–water partition coefficient (Wildman–Crippen LogP) is 3.22. The molecule has 4 atom stereocenters. The molecule has 4 nitrogen and oxygen atoms in total. The van der Waals surface area contributed by atoms with E-state index in [0.29, 0.717) is 29.4 Å². The monoisotopic (exact) mass is 341 g/mol. The minimum Gasteiger partial charge on any atom is -0.377 e. The number of guanidine groups is 1. The van der Waals surface area contributed by atoms with Gasteiger partial charge in [-0.05, 0) is 37.7 Å². The number of benzene rings is 1. The molecule has 1 spiro atoms. The van der Waals surface area contributed by atoms with Crippen molar-refractivity contribution < 1.29 is 4.74 Å². The molecule has 25 heavy (non-hydrogen) atoms. The first-order chi connectivity index (χ1) is 12.1. The van der Waals surface area contributed by atoms with Gasteiger partial charge in [0.15, 0.2) is 5.96 Å². The van der Waals surface area contributed by atoms with Crippen LogP contribution in [0.1, 0.15) is 49.7 Å². The summed E-state index contributed by atoms with van der Waals surface area (Å²) < 4.78 is 6.02. The fourth-order valence-corrected chi connectivity index (χ4v) is 5.14. The van der Waals surface area contributed by atoms with Gasteiger partial charge in [0.1, 0.15) is 0 Å². The molecule has 4 unspecified atom stereocenters. The molecule has 2 N–H and O–H groups in total. The zero-order valence-electron chi connectivity index (χ0n) is 15.7. The third-order valence-corrected chi connectivity index (χ3v) is 6.74. The SMILES string of the molecule is CN=C(NCC(C)c1cccc(C)c1)NC1C2CCOC2C12CCC2. The molecule has 1 aromatic rings. The van der Waals surface area contributed by atoms with Crippen LogP contribution in [0.25, 0.3) is 0 Å². The summed E-state index contributed by atoms with van der Waals surface area (Å²) in [7, 11) is 1.88. The van der Waals surface area contributed by atoms with Crippen molar-refractivity contribution in [2.75, 3.05) is 20.2 Å². The van der Waals surface area contributed by atoms with Crippen molar-refractivity contribution in [1.82, 2.24) is 10.6 Å². The lowest BCUT2D eigenvalue weighted by atomic mass is 9.46. The highest BCUT2D eigenvalue weighted by Crippen LogP contribution is 2.62. The van der Waals surface area contributed by atoms with Crippen molar-refractivity contribution >= 4 is 5.96 Å². The molecule has 4 heteroatoms. The summed E-state index contributed by atoms with van der Waals surface area (Å²) >= 11 is 0. The van der Waals surface area contributed by atoms with Crippen LogP contribution in [0, 0.1) is 18.3 Å². The van der Waals surface area contributed by atoms with Gasteiger partial charge in [-0.2, -0.15) is 0 Å². The first kappa shape index (κ1) is 16.9. The first-order valence-corrected chi connectivity index (χ1v) is 9.79. The van der Waals surface area contributed by atoms with Gasteiger partial charge in [0.05, 0.1) is 6.10 Å². The van der Waals surface area contributed by atoms with Crippen LogP contribution < -0.4 is 10.6 Å². The molecule has 4 rings (SSSR count). The minimum absolute atomic E-state index is 0.390. The minimum atomic E-state index is 0.390. The van der Waals surface area contributed by atoms with Crippen molar-refractivity contribution in [3.63, 3.8) is 0 Å². The Morgan fingerprint density at radius 2 is 2.24 bits per heavy atom. The van der Waals surface area contributed by atoms with Gasteiger partial charge in [0.2, 0.25) is 0 Å². The lowest BCUT2D eigenvalue weighted by Gasteiger charge is -2.63. The lowest BCUT2D eigenvalue weighted by Crippen LogP contribution is -2.72. The highest BCUT2D eigenvalue weighted by atomic mass is 16.5. The second kappa shape index (κ2) is 6.64. The van der Waals surface area contributed by atoms with Gasteiger partial charge in [-0.25, -0.2) is 0 Å². The molecule has 3 fully saturated rings. The molecule has 1 aromatic carbocycles. The second-order valence-corrected chi connectivity index (χ2v) is 8.22. The van der Waals surface area contributed by atoms with Crippen molar-refractivity contribution in [2.24, 2.45) is 16.3 Å². The molecule has 2 aliphatic carbocycles. The summed E-state index contributed by atoms with van der Waals surface area (Å²) in [6.45, 7) is 6.25. The molecular weight excluding hydrogens is 310 g/mol. The number of rotatable bonds is 4. The Morgan fingerprint density at radius 3 is 2.92 bits per heavy atom. The molecule has 1 saturated heterocycles. The van der Waals surface area contributed by atoms with Crippen LogP contribution in [-0.2, 0) is 4.74 Å². The molecule has 0 radical (unpaired) electrons. The molecule has 2 saturated carbocycles. The van der Waals surface area contributed by atoms with E-state index in [1.807, 2.05) is 7.05 Å². The van der Waals surface area contributed by atoms with E-state index in [9.17, 15) is 0 Å². The van der Waals surface area contributed by atoms with Crippen molar-refractivity contribution in [3.05, 3.63) is 35.4 Å². The number of hydrogen-bond donors (Lipinski definition) is 2. The summed E-state index contributed by atoms with van der Waals surface area (Å²) in [5.74, 6) is 2.08. The van der Waals surface area contributed by atoms with E-state index >= 15 is 0 Å². The predicted molar refractivity (Wildman–Crippen MR) is 102 cm³/mol. The number of aliphatic imine (C=N–C) groups is 1. The van der Waals surface area contributed by atoms with Gasteiger partial charge in [0.25, 0.3) is 0 Å². The van der Waals surface area contributed by atoms with Gasteiger partial charge in [0, 0.05) is 37.6 Å². The summed E-state index contributed by atoms with van der Waals surface area (Å²) in [5, 5.41) is 7.29. The average molecular weight is 341 g/mol. The zero-order valence-corrected chi connectivity index (χ0v) is 15.7. The number of ether oxygens (including phenoxy) is 1. The normalized spacial score (nSPS) is 31.0. The average Bonchev–Trinajstić information content (AvgIpc) is 2.98. The Labute approximate surface area is 151 Å². The first-order valence-electron chi connectivity index (χ1n) is 9.79. The van der Waals surface area contributed by atoms with Gasteiger partial charge < -0.3 is 15.4 Å². The third-order valence-electron chi connectivity index (χ3n) is 6.74. The van der Waals surface area contributed by atoms with E-state index < -0.39 is 0 Å². The molecule has 0 amide bonds. The van der Waals surface area contributed by atoms with Gasteiger partial charge >= 0.3 is 0 Å². The quantitative estimate of drug-likeness (QED) is 0.653. The molecule has 136 valence electrons. The number of nitrogens with zero attached hydrogens (tertiary/aromatic N) is 1. The Balaban J connectivity index is 1.35. The Hall–Kier alpha value is -1.55. The van der Waals surface area contributed by atoms with E-state index in [0.717, 1.165) is 19.1 Å². The Kier molecular flexibility index (Phi) is 4.48. The standard InChI is InChI=1S/C21H31N3O/c1-14-6-4-7-16(12-14)15(2)13-23-20(22-3)24-18-17-8-11-25-19(17)21(18)9-5-10-21/h4,6-7,12,15,17-19H,5,8-11,13H2,1-3H3,(H2,22,23,24). The fraction of sp³-hybridized carbons (Fsp3) is 0.667. The topological polar surface area (TPSA) is 45.7 Å². The van der Waals surface area contributed by atoms with Crippen molar-refractivity contribution in [1.29, 1.82) is 0 Å². The van der Waals surface area contributed by atoms with Crippen LogP contribution in [0.2, 0.25) is 0 Å². The van der Waals surface area contributed by atoms with E-state index in [2.05, 4.69) is 53.7 Å². The molecule has 1 aliphatic heterocycles. The smallest absolute Gasteiger partial charge is 0.191 e. The second-order valence-electron chi connectivity index (χ2n) is 8.22. The maximum Gasteiger partial charge on any atom is 0.191 e. The van der Waals surface area contributed by atoms with Crippen LogP contribution in [0.3, 0.4) is 0 Å². The number of hydrogen-bond acceptors (Lipinski definition) is 2. The third kappa shape index (κ3) is 2.84. The molecule has 3 aliphatic rings. The van der Waals surface area contributed by atoms with Crippen LogP contribution in [0.5, 0.6) is 0 Å². The highest BCUT2D eigenvalue weighted by Gasteiger charge is 2.66. The molecule has 1 heterocycles. The van der Waals surface area contributed by atoms with Gasteiger partial charge in [-0.15, -0.1) is 0 Å². The number of fused-ring (bicyclic) bond motifs is 2. The van der Waals surface area contributed by atoms with Gasteiger partial charge in [-0.1, -0.05) is 43.2 Å². The Morgan fingerprint density at radius 1 is 1.40 bits per heavy atom. The van der Waals surface area contributed by atoms with Crippen LogP contribution in [0.4, 0.5) is 0 Å². The van der Waals surface area contributed by atoms with E-state index in [-0.39, 0.29) is 0 Å². The number of nitrogens with one attached hydrogen (secondary N) is 2. The van der Waals surface area contributed by atoms with Crippen molar-refractivity contribution in [2.45, 2.75) is 57.6 Å². The molecule has 0 bridgehead atoms. The summed E-state index contributed by atoms with van der Waals surface area (Å²) in [5.41, 5.74) is 3.09. The maximum atomic E-state index is 6.02. The molecular formula is C21H31N3O. The molecule has 0 aromatic heterocycles. The number of aryl methyl sites for hydroxylation is 1. The van der Waals surface area contributed by atoms with Crippen LogP contribution in [0.15, 0.2) is 29.3 Å². The van der Waals surface area contributed by atoms with Crippen molar-refractivity contribution in [3.8, 4) is 0 Å². The van der Waals surface area contributed by atoms with Crippen LogP contribution >= 0.6 is 0 Å². The van der Waals surface area contributed by atoms with E-state index in [1.165, 1.54) is 36.8 Å². The zero-order chi connectivity index (χ0) is 17.4. The van der Waals surface area contributed by atoms with Gasteiger partial charge in [-0.3, -0.25) is 4.99 Å². The summed E-state index contributed by atoms with van der Waals surface area (Å²) in [6.07, 6.45) is 5.66. The lowest BCUT2D eigenvalue weighted by molar-refractivity contribution is -0.171. The summed E-state index contributed by atoms with van der Waals surface area (Å²) in [6, 6.07) is 9.32. The Bertz CT molecular complexity index is 652. The largest absolute Gasteiger partial charge is 0.377 e. The highest BCUT2D eigenvalue weighted by molar-refractivity contribution is 5.80.